The second-order valence-electron chi connectivity index (χ2n) is 6.68. The maximum atomic E-state index is 14.0. The number of H-pyrrole nitrogens is 1. The number of nitrogens with zero attached hydrogens (tertiary/aromatic N) is 4. The number of hydrogen-bond acceptors (Lipinski definition) is 5. The summed E-state index contributed by atoms with van der Waals surface area (Å²) in [6.45, 7) is 0.924. The number of piperidine rings is 1. The molecule has 4 rings (SSSR count). The molecular weight excluding hydrogens is 361 g/mol. The van der Waals surface area contributed by atoms with Crippen LogP contribution in [0.15, 0.2) is 53.7 Å². The summed E-state index contributed by atoms with van der Waals surface area (Å²) in [5, 5.41) is 0. The molecule has 0 saturated carbocycles. The Labute approximate surface area is 160 Å². The molecule has 1 N–H and O–H groups in total. The van der Waals surface area contributed by atoms with E-state index in [9.17, 15) is 14.0 Å². The fraction of sp³-hybridized carbons (Fsp3) is 0.250. The molecule has 28 heavy (non-hydrogen) atoms. The first-order valence-corrected chi connectivity index (χ1v) is 9.03. The van der Waals surface area contributed by atoms with Gasteiger partial charge >= 0.3 is 0 Å². The quantitative estimate of drug-likeness (QED) is 0.754. The first-order valence-electron chi connectivity index (χ1n) is 9.03. The Balaban J connectivity index is 1.60. The maximum absolute atomic E-state index is 14.0. The first-order chi connectivity index (χ1) is 13.6. The summed E-state index contributed by atoms with van der Waals surface area (Å²) in [4.78, 5) is 41.9. The van der Waals surface area contributed by atoms with E-state index in [4.69, 9.17) is 0 Å². The summed E-state index contributed by atoms with van der Waals surface area (Å²) in [6, 6.07) is 7.41. The number of likely N-dealkylation sites (tertiary alicyclic amines) is 1. The van der Waals surface area contributed by atoms with Crippen LogP contribution >= 0.6 is 0 Å². The highest BCUT2D eigenvalue weighted by Crippen LogP contribution is 2.27. The molecule has 0 radical (unpaired) electrons. The van der Waals surface area contributed by atoms with Gasteiger partial charge < -0.3 is 9.88 Å². The van der Waals surface area contributed by atoms with Gasteiger partial charge in [-0.1, -0.05) is 12.1 Å². The van der Waals surface area contributed by atoms with Crippen molar-refractivity contribution in [3.8, 4) is 11.5 Å². The Morgan fingerprint density at radius 2 is 2.11 bits per heavy atom. The summed E-state index contributed by atoms with van der Waals surface area (Å²) < 4.78 is 14.0. The summed E-state index contributed by atoms with van der Waals surface area (Å²) in [5.74, 6) is -0.647. The van der Waals surface area contributed by atoms with E-state index >= 15 is 0 Å². The smallest absolute Gasteiger partial charge is 0.256 e. The van der Waals surface area contributed by atoms with E-state index in [1.807, 2.05) is 0 Å². The number of amides is 1. The number of aromatic nitrogens is 4. The van der Waals surface area contributed by atoms with Crippen LogP contribution < -0.4 is 5.56 Å². The molecule has 1 atom stereocenters. The fourth-order valence-electron chi connectivity index (χ4n) is 3.44. The molecule has 0 spiro atoms. The average molecular weight is 379 g/mol. The standard InChI is InChI=1S/C20H18FN5O2/c21-15-6-2-1-5-14(15)20(28)26-9-3-4-13(12-26)16-10-18(27)25-19(24-16)17-11-22-7-8-23-17/h1-2,5-8,10-11,13H,3-4,9,12H2,(H,24,25,27). The van der Waals surface area contributed by atoms with Crippen molar-refractivity contribution in [1.82, 2.24) is 24.8 Å². The summed E-state index contributed by atoms with van der Waals surface area (Å²) in [7, 11) is 0. The molecule has 3 aromatic rings. The predicted molar refractivity (Wildman–Crippen MR) is 100 cm³/mol. The zero-order chi connectivity index (χ0) is 19.5. The number of carbonyl (C=O) groups is 1. The molecule has 1 fully saturated rings. The topological polar surface area (TPSA) is 91.8 Å². The Morgan fingerprint density at radius 1 is 1.25 bits per heavy atom. The molecule has 1 aliphatic heterocycles. The van der Waals surface area contributed by atoms with E-state index in [1.54, 1.807) is 23.2 Å². The maximum Gasteiger partial charge on any atom is 0.256 e. The lowest BCUT2D eigenvalue weighted by molar-refractivity contribution is 0.0701. The lowest BCUT2D eigenvalue weighted by Gasteiger charge is -2.32. The summed E-state index contributed by atoms with van der Waals surface area (Å²) >= 11 is 0. The molecule has 0 bridgehead atoms. The van der Waals surface area contributed by atoms with Crippen LogP contribution in [-0.2, 0) is 0 Å². The molecular formula is C20H18FN5O2. The van der Waals surface area contributed by atoms with Gasteiger partial charge in [0, 0.05) is 37.5 Å². The molecule has 142 valence electrons. The highest BCUT2D eigenvalue weighted by Gasteiger charge is 2.28. The molecule has 3 heterocycles. The van der Waals surface area contributed by atoms with Gasteiger partial charge in [0.2, 0.25) is 0 Å². The van der Waals surface area contributed by atoms with Gasteiger partial charge in [0.25, 0.3) is 11.5 Å². The van der Waals surface area contributed by atoms with Crippen molar-refractivity contribution in [3.05, 3.63) is 76.4 Å². The van der Waals surface area contributed by atoms with E-state index < -0.39 is 5.82 Å². The third kappa shape index (κ3) is 3.66. The minimum Gasteiger partial charge on any atom is -0.338 e. The van der Waals surface area contributed by atoms with Crippen LogP contribution in [0.3, 0.4) is 0 Å². The summed E-state index contributed by atoms with van der Waals surface area (Å²) in [5.41, 5.74) is 0.831. The average Bonchev–Trinajstić information content (AvgIpc) is 2.74. The highest BCUT2D eigenvalue weighted by atomic mass is 19.1. The number of carbonyl (C=O) groups excluding carboxylic acids is 1. The van der Waals surface area contributed by atoms with Crippen molar-refractivity contribution in [2.45, 2.75) is 18.8 Å². The van der Waals surface area contributed by atoms with Gasteiger partial charge in [-0.2, -0.15) is 0 Å². The van der Waals surface area contributed by atoms with Crippen molar-refractivity contribution >= 4 is 5.91 Å². The molecule has 1 amide bonds. The largest absolute Gasteiger partial charge is 0.338 e. The zero-order valence-corrected chi connectivity index (χ0v) is 15.0. The lowest BCUT2D eigenvalue weighted by atomic mass is 9.94. The van der Waals surface area contributed by atoms with Crippen molar-refractivity contribution in [1.29, 1.82) is 0 Å². The number of hydrogen-bond donors (Lipinski definition) is 1. The van der Waals surface area contributed by atoms with Crippen LogP contribution in [0.5, 0.6) is 0 Å². The number of nitrogens with one attached hydrogen (secondary N) is 1. The van der Waals surface area contributed by atoms with E-state index in [2.05, 4.69) is 19.9 Å². The van der Waals surface area contributed by atoms with Gasteiger partial charge in [-0.3, -0.25) is 14.6 Å². The number of halogens is 1. The van der Waals surface area contributed by atoms with Crippen LogP contribution in [0.1, 0.15) is 34.8 Å². The third-order valence-corrected chi connectivity index (χ3v) is 4.80. The van der Waals surface area contributed by atoms with Gasteiger partial charge in [-0.15, -0.1) is 0 Å². The van der Waals surface area contributed by atoms with E-state index in [1.165, 1.54) is 30.6 Å². The van der Waals surface area contributed by atoms with Gasteiger partial charge in [-0.25, -0.2) is 14.4 Å². The van der Waals surface area contributed by atoms with Gasteiger partial charge in [-0.05, 0) is 25.0 Å². The Kier molecular flexibility index (Phi) is 4.92. The van der Waals surface area contributed by atoms with E-state index in [-0.39, 0.29) is 22.9 Å². The van der Waals surface area contributed by atoms with Crippen molar-refractivity contribution < 1.29 is 9.18 Å². The lowest BCUT2D eigenvalue weighted by Crippen LogP contribution is -2.40. The van der Waals surface area contributed by atoms with Gasteiger partial charge in [0.05, 0.1) is 17.5 Å². The first kappa shape index (κ1) is 18.0. The van der Waals surface area contributed by atoms with Crippen LogP contribution in [0.25, 0.3) is 11.5 Å². The van der Waals surface area contributed by atoms with Crippen LogP contribution in [0.4, 0.5) is 4.39 Å². The second kappa shape index (κ2) is 7.67. The minimum absolute atomic E-state index is 0.0577. The van der Waals surface area contributed by atoms with Crippen LogP contribution in [0, 0.1) is 5.82 Å². The minimum atomic E-state index is -0.533. The van der Waals surface area contributed by atoms with Crippen LogP contribution in [-0.4, -0.2) is 43.8 Å². The Morgan fingerprint density at radius 3 is 2.89 bits per heavy atom. The molecule has 7 nitrogen and oxygen atoms in total. The molecule has 1 aliphatic rings. The predicted octanol–water partition coefficient (Wildman–Crippen LogP) is 2.39. The molecule has 1 aromatic carbocycles. The van der Waals surface area contributed by atoms with Crippen molar-refractivity contribution in [3.63, 3.8) is 0 Å². The Hall–Kier alpha value is -3.42. The monoisotopic (exact) mass is 379 g/mol. The Bertz CT molecular complexity index is 1050. The molecule has 2 aromatic heterocycles. The van der Waals surface area contributed by atoms with E-state index in [0.717, 1.165) is 12.8 Å². The molecule has 8 heteroatoms. The number of rotatable bonds is 3. The fourth-order valence-corrected chi connectivity index (χ4v) is 3.44. The van der Waals surface area contributed by atoms with E-state index in [0.29, 0.717) is 30.3 Å². The zero-order valence-electron chi connectivity index (χ0n) is 15.0. The number of aromatic amines is 1. The SMILES string of the molecule is O=C(c1ccccc1F)N1CCCC(c2cc(=O)[nH]c(-c3cnccn3)n2)C1. The highest BCUT2D eigenvalue weighted by molar-refractivity contribution is 5.94. The van der Waals surface area contributed by atoms with Gasteiger partial charge in [0.1, 0.15) is 11.5 Å². The van der Waals surface area contributed by atoms with Crippen molar-refractivity contribution in [2.24, 2.45) is 0 Å². The number of benzene rings is 1. The normalized spacial score (nSPS) is 16.8. The third-order valence-electron chi connectivity index (χ3n) is 4.80. The van der Waals surface area contributed by atoms with Crippen LogP contribution in [0.2, 0.25) is 0 Å². The molecule has 1 saturated heterocycles. The van der Waals surface area contributed by atoms with Gasteiger partial charge in [0.15, 0.2) is 5.82 Å². The molecule has 0 aliphatic carbocycles. The second-order valence-corrected chi connectivity index (χ2v) is 6.68. The summed E-state index contributed by atoms with van der Waals surface area (Å²) in [6.07, 6.45) is 6.13. The van der Waals surface area contributed by atoms with Crippen molar-refractivity contribution in [2.75, 3.05) is 13.1 Å². The molecule has 1 unspecified atom stereocenters.